The molecule has 1 aromatic rings. The molecule has 0 radical (unpaired) electrons. The summed E-state index contributed by atoms with van der Waals surface area (Å²) in [4.78, 5) is 4.11. The van der Waals surface area contributed by atoms with Gasteiger partial charge in [0.25, 0.3) is 0 Å². The minimum absolute atomic E-state index is 0.249. The first kappa shape index (κ1) is 15.0. The van der Waals surface area contributed by atoms with Gasteiger partial charge in [0, 0.05) is 23.5 Å². The molecule has 19 heavy (non-hydrogen) atoms. The van der Waals surface area contributed by atoms with Crippen molar-refractivity contribution in [2.24, 2.45) is 5.73 Å². The standard InChI is InChI=1S/C16H28N2S/c1-2-18(13-15-9-8-12-19-15)16(14-17)10-6-4-3-5-7-11-16/h8-9,12H,2-7,10-11,13-14,17H2,1H3. The average molecular weight is 280 g/mol. The largest absolute Gasteiger partial charge is 0.329 e. The van der Waals surface area contributed by atoms with Crippen LogP contribution in [0.1, 0.15) is 56.7 Å². The van der Waals surface area contributed by atoms with Crippen molar-refractivity contribution in [3.05, 3.63) is 22.4 Å². The van der Waals surface area contributed by atoms with Crippen LogP contribution in [0.5, 0.6) is 0 Å². The van der Waals surface area contributed by atoms with Crippen LogP contribution in [0.15, 0.2) is 17.5 Å². The van der Waals surface area contributed by atoms with E-state index >= 15 is 0 Å². The second-order valence-electron chi connectivity index (χ2n) is 5.79. The molecular weight excluding hydrogens is 252 g/mol. The summed E-state index contributed by atoms with van der Waals surface area (Å²) in [5.41, 5.74) is 6.48. The monoisotopic (exact) mass is 280 g/mol. The number of nitrogens with two attached hydrogens (primary N) is 1. The SMILES string of the molecule is CCN(Cc1cccs1)C1(CN)CCCCCCC1. The Morgan fingerprint density at radius 3 is 2.42 bits per heavy atom. The summed E-state index contributed by atoms with van der Waals surface area (Å²) >= 11 is 1.87. The van der Waals surface area contributed by atoms with Crippen molar-refractivity contribution in [3.8, 4) is 0 Å². The van der Waals surface area contributed by atoms with Gasteiger partial charge in [-0.15, -0.1) is 11.3 Å². The summed E-state index contributed by atoms with van der Waals surface area (Å²) in [7, 11) is 0. The van der Waals surface area contributed by atoms with Gasteiger partial charge in [-0.1, -0.05) is 45.1 Å². The molecule has 0 bridgehead atoms. The maximum atomic E-state index is 6.23. The molecule has 1 fully saturated rings. The molecule has 0 saturated heterocycles. The quantitative estimate of drug-likeness (QED) is 0.883. The Balaban J connectivity index is 2.10. The van der Waals surface area contributed by atoms with Crippen LogP contribution in [0.4, 0.5) is 0 Å². The van der Waals surface area contributed by atoms with Crippen LogP contribution in [0, 0.1) is 0 Å². The molecule has 0 unspecified atom stereocenters. The Morgan fingerprint density at radius 1 is 1.21 bits per heavy atom. The number of rotatable bonds is 5. The van der Waals surface area contributed by atoms with Crippen LogP contribution in [0.25, 0.3) is 0 Å². The van der Waals surface area contributed by atoms with E-state index < -0.39 is 0 Å². The first-order valence-corrected chi connectivity index (χ1v) is 8.66. The van der Waals surface area contributed by atoms with Crippen molar-refractivity contribution in [1.29, 1.82) is 0 Å². The Labute approximate surface area is 122 Å². The Hall–Kier alpha value is -0.380. The molecule has 0 spiro atoms. The molecule has 2 rings (SSSR count). The molecular formula is C16H28N2S. The van der Waals surface area contributed by atoms with E-state index in [4.69, 9.17) is 5.73 Å². The smallest absolute Gasteiger partial charge is 0.0335 e. The fourth-order valence-electron chi connectivity index (χ4n) is 3.42. The van der Waals surface area contributed by atoms with Gasteiger partial charge in [-0.25, -0.2) is 0 Å². The lowest BCUT2D eigenvalue weighted by Crippen LogP contribution is -2.53. The fraction of sp³-hybridized carbons (Fsp3) is 0.750. The highest BCUT2D eigenvalue weighted by atomic mass is 32.1. The van der Waals surface area contributed by atoms with Crippen LogP contribution < -0.4 is 5.73 Å². The van der Waals surface area contributed by atoms with Gasteiger partial charge in [0.1, 0.15) is 0 Å². The predicted octanol–water partition coefficient (Wildman–Crippen LogP) is 4.01. The van der Waals surface area contributed by atoms with Crippen LogP contribution >= 0.6 is 11.3 Å². The zero-order valence-corrected chi connectivity index (χ0v) is 13.1. The van der Waals surface area contributed by atoms with Gasteiger partial charge in [0.15, 0.2) is 0 Å². The first-order chi connectivity index (χ1) is 9.30. The van der Waals surface area contributed by atoms with E-state index in [1.807, 2.05) is 11.3 Å². The molecule has 1 heterocycles. The van der Waals surface area contributed by atoms with Crippen molar-refractivity contribution in [3.63, 3.8) is 0 Å². The fourth-order valence-corrected chi connectivity index (χ4v) is 4.14. The third-order valence-electron chi connectivity index (χ3n) is 4.64. The lowest BCUT2D eigenvalue weighted by Gasteiger charge is -2.44. The minimum atomic E-state index is 0.249. The summed E-state index contributed by atoms with van der Waals surface area (Å²) in [5, 5.41) is 2.18. The highest BCUT2D eigenvalue weighted by molar-refractivity contribution is 7.09. The van der Waals surface area contributed by atoms with Gasteiger partial charge in [-0.3, -0.25) is 4.90 Å². The van der Waals surface area contributed by atoms with Gasteiger partial charge >= 0.3 is 0 Å². The van der Waals surface area contributed by atoms with Gasteiger partial charge in [0.2, 0.25) is 0 Å². The Bertz CT molecular complexity index is 340. The summed E-state index contributed by atoms with van der Waals surface area (Å²) in [6, 6.07) is 4.40. The van der Waals surface area contributed by atoms with E-state index in [0.717, 1.165) is 19.6 Å². The molecule has 1 aliphatic rings. The first-order valence-electron chi connectivity index (χ1n) is 7.78. The zero-order chi connectivity index (χ0) is 13.6. The molecule has 108 valence electrons. The number of hydrogen-bond donors (Lipinski definition) is 1. The molecule has 2 nitrogen and oxygen atoms in total. The van der Waals surface area contributed by atoms with Crippen molar-refractivity contribution in [2.45, 2.75) is 64.0 Å². The second-order valence-corrected chi connectivity index (χ2v) is 6.82. The maximum absolute atomic E-state index is 6.23. The average Bonchev–Trinajstić information content (AvgIpc) is 2.90. The van der Waals surface area contributed by atoms with Crippen molar-refractivity contribution < 1.29 is 0 Å². The molecule has 0 aromatic carbocycles. The molecule has 0 aliphatic heterocycles. The number of hydrogen-bond acceptors (Lipinski definition) is 3. The van der Waals surface area contributed by atoms with E-state index in [2.05, 4.69) is 29.3 Å². The van der Waals surface area contributed by atoms with E-state index in [-0.39, 0.29) is 5.54 Å². The molecule has 1 saturated carbocycles. The second kappa shape index (κ2) is 7.41. The lowest BCUT2D eigenvalue weighted by atomic mass is 9.82. The van der Waals surface area contributed by atoms with Gasteiger partial charge in [0.05, 0.1) is 0 Å². The van der Waals surface area contributed by atoms with Crippen LogP contribution in [-0.4, -0.2) is 23.5 Å². The van der Waals surface area contributed by atoms with Gasteiger partial charge in [-0.05, 0) is 30.8 Å². The van der Waals surface area contributed by atoms with Gasteiger partial charge < -0.3 is 5.73 Å². The van der Waals surface area contributed by atoms with Crippen molar-refractivity contribution in [1.82, 2.24) is 4.90 Å². The molecule has 1 aromatic heterocycles. The summed E-state index contributed by atoms with van der Waals surface area (Å²) < 4.78 is 0. The van der Waals surface area contributed by atoms with Crippen LogP contribution in [-0.2, 0) is 6.54 Å². The normalized spacial score (nSPS) is 20.2. The van der Waals surface area contributed by atoms with Crippen LogP contribution in [0.2, 0.25) is 0 Å². The van der Waals surface area contributed by atoms with Gasteiger partial charge in [-0.2, -0.15) is 0 Å². The third-order valence-corrected chi connectivity index (χ3v) is 5.50. The van der Waals surface area contributed by atoms with E-state index in [9.17, 15) is 0 Å². The molecule has 3 heteroatoms. The molecule has 0 atom stereocenters. The minimum Gasteiger partial charge on any atom is -0.329 e. The van der Waals surface area contributed by atoms with E-state index in [0.29, 0.717) is 0 Å². The number of likely N-dealkylation sites (N-methyl/N-ethyl adjacent to an activating group) is 1. The summed E-state index contributed by atoms with van der Waals surface area (Å²) in [6.45, 7) is 5.27. The Morgan fingerprint density at radius 2 is 1.89 bits per heavy atom. The molecule has 1 aliphatic carbocycles. The highest BCUT2D eigenvalue weighted by Gasteiger charge is 2.34. The topological polar surface area (TPSA) is 29.3 Å². The maximum Gasteiger partial charge on any atom is 0.0335 e. The summed E-state index contributed by atoms with van der Waals surface area (Å²) in [6.07, 6.45) is 9.44. The molecule has 2 N–H and O–H groups in total. The summed E-state index contributed by atoms with van der Waals surface area (Å²) in [5.74, 6) is 0. The van der Waals surface area contributed by atoms with Crippen molar-refractivity contribution in [2.75, 3.05) is 13.1 Å². The number of thiophene rings is 1. The molecule has 0 amide bonds. The van der Waals surface area contributed by atoms with Crippen LogP contribution in [0.3, 0.4) is 0 Å². The lowest BCUT2D eigenvalue weighted by molar-refractivity contribution is 0.0653. The zero-order valence-electron chi connectivity index (χ0n) is 12.2. The van der Waals surface area contributed by atoms with Crippen molar-refractivity contribution >= 4 is 11.3 Å². The van der Waals surface area contributed by atoms with E-state index in [1.165, 1.54) is 49.8 Å². The highest BCUT2D eigenvalue weighted by Crippen LogP contribution is 2.32. The predicted molar refractivity (Wildman–Crippen MR) is 84.5 cm³/mol. The van der Waals surface area contributed by atoms with E-state index in [1.54, 1.807) is 0 Å². The Kier molecular flexibility index (Phi) is 5.86. The third kappa shape index (κ3) is 3.80. The number of nitrogens with zero attached hydrogens (tertiary/aromatic N) is 1.